The average Bonchev–Trinajstić information content (AvgIpc) is 2.43. The van der Waals surface area contributed by atoms with Crippen LogP contribution in [0.3, 0.4) is 0 Å². The monoisotopic (exact) mass is 290 g/mol. The van der Waals surface area contributed by atoms with Crippen LogP contribution in [0.1, 0.15) is 31.8 Å². The van der Waals surface area contributed by atoms with Gasteiger partial charge in [0.2, 0.25) is 11.6 Å². The number of rotatable bonds is 0. The lowest BCUT2D eigenvalue weighted by Gasteiger charge is -2.19. The molecular formula is C16H9F3O2. The van der Waals surface area contributed by atoms with Gasteiger partial charge in [-0.15, -0.1) is 0 Å². The largest absolute Gasteiger partial charge is 0.416 e. The van der Waals surface area contributed by atoms with E-state index >= 15 is 0 Å². The fraction of sp³-hybridized carbons (Fsp3) is 0.125. The number of ketones is 2. The van der Waals surface area contributed by atoms with E-state index in [0.29, 0.717) is 5.56 Å². The third-order valence-electron chi connectivity index (χ3n) is 3.51. The molecule has 1 aliphatic carbocycles. The van der Waals surface area contributed by atoms with Crippen LogP contribution in [-0.4, -0.2) is 11.6 Å². The van der Waals surface area contributed by atoms with Gasteiger partial charge in [0.15, 0.2) is 0 Å². The molecule has 2 aromatic rings. The summed E-state index contributed by atoms with van der Waals surface area (Å²) in [6.07, 6.45) is -4.50. The van der Waals surface area contributed by atoms with E-state index in [1.807, 2.05) is 0 Å². The Balaban J connectivity index is 2.33. The molecule has 0 heterocycles. The van der Waals surface area contributed by atoms with Gasteiger partial charge in [-0.2, -0.15) is 13.2 Å². The molecular weight excluding hydrogens is 281 g/mol. The zero-order chi connectivity index (χ0) is 15.4. The van der Waals surface area contributed by atoms with Crippen LogP contribution in [-0.2, 0) is 6.18 Å². The van der Waals surface area contributed by atoms with Crippen LogP contribution >= 0.6 is 0 Å². The van der Waals surface area contributed by atoms with E-state index in [1.54, 1.807) is 19.1 Å². The van der Waals surface area contributed by atoms with E-state index in [9.17, 15) is 22.8 Å². The first-order valence-electron chi connectivity index (χ1n) is 6.20. The topological polar surface area (TPSA) is 34.1 Å². The molecule has 0 N–H and O–H groups in total. The molecule has 3 rings (SSSR count). The van der Waals surface area contributed by atoms with Crippen molar-refractivity contribution in [2.75, 3.05) is 0 Å². The number of hydrogen-bond donors (Lipinski definition) is 0. The van der Waals surface area contributed by atoms with Gasteiger partial charge in [0, 0.05) is 11.1 Å². The third kappa shape index (κ3) is 2.05. The van der Waals surface area contributed by atoms with E-state index in [2.05, 4.69) is 0 Å². The van der Waals surface area contributed by atoms with E-state index in [4.69, 9.17) is 0 Å². The molecule has 0 bridgehead atoms. The number of benzene rings is 2. The van der Waals surface area contributed by atoms with Crippen molar-refractivity contribution < 1.29 is 22.8 Å². The lowest BCUT2D eigenvalue weighted by Crippen LogP contribution is -2.22. The molecule has 0 fully saturated rings. The molecule has 0 saturated heterocycles. The summed E-state index contributed by atoms with van der Waals surface area (Å²) in [5.41, 5.74) is 0.674. The molecule has 0 aromatic heterocycles. The Morgan fingerprint density at radius 2 is 1.29 bits per heavy atom. The first kappa shape index (κ1) is 13.5. The second-order valence-electron chi connectivity index (χ2n) is 4.97. The summed E-state index contributed by atoms with van der Waals surface area (Å²) >= 11 is 0. The first-order valence-corrected chi connectivity index (χ1v) is 6.20. The van der Waals surface area contributed by atoms with Crippen molar-refractivity contribution in [3.05, 3.63) is 58.7 Å². The summed E-state index contributed by atoms with van der Waals surface area (Å²) in [4.78, 5) is 24.0. The minimum atomic E-state index is -4.50. The highest BCUT2D eigenvalue weighted by molar-refractivity contribution is 6.53. The predicted molar refractivity (Wildman–Crippen MR) is 70.3 cm³/mol. The summed E-state index contributed by atoms with van der Waals surface area (Å²) in [6, 6.07) is 7.59. The Morgan fingerprint density at radius 1 is 0.762 bits per heavy atom. The number of hydrogen-bond acceptors (Lipinski definition) is 2. The Hall–Kier alpha value is -2.43. The highest BCUT2D eigenvalue weighted by Crippen LogP contribution is 2.38. The van der Waals surface area contributed by atoms with Crippen LogP contribution in [0, 0.1) is 6.92 Å². The summed E-state index contributed by atoms with van der Waals surface area (Å²) < 4.78 is 38.5. The fourth-order valence-electron chi connectivity index (χ4n) is 2.46. The third-order valence-corrected chi connectivity index (χ3v) is 3.51. The molecule has 106 valence electrons. The molecule has 0 spiro atoms. The standard InChI is InChI=1S/C16H9F3O2/c1-8-2-4-10-12(6-8)13-7-9(16(17,18)19)3-5-11(13)15(21)14(10)20/h2-7H,1H3. The number of aryl methyl sites for hydroxylation is 1. The number of carbonyl (C=O) groups excluding carboxylic acids is 2. The first-order chi connectivity index (χ1) is 9.79. The molecule has 0 aliphatic heterocycles. The summed E-state index contributed by atoms with van der Waals surface area (Å²) in [6.45, 7) is 1.77. The maximum absolute atomic E-state index is 12.8. The van der Waals surface area contributed by atoms with Crippen LogP contribution in [0.15, 0.2) is 36.4 Å². The molecule has 0 unspecified atom stereocenters. The van der Waals surface area contributed by atoms with Crippen LogP contribution < -0.4 is 0 Å². The van der Waals surface area contributed by atoms with Gasteiger partial charge in [-0.1, -0.05) is 23.8 Å². The van der Waals surface area contributed by atoms with Gasteiger partial charge in [0.05, 0.1) is 5.56 Å². The Labute approximate surface area is 118 Å². The Bertz CT molecular complexity index is 789. The molecule has 0 radical (unpaired) electrons. The van der Waals surface area contributed by atoms with Crippen molar-refractivity contribution in [1.29, 1.82) is 0 Å². The molecule has 0 atom stereocenters. The summed E-state index contributed by atoms with van der Waals surface area (Å²) in [7, 11) is 0. The van der Waals surface area contributed by atoms with Crippen LogP contribution in [0.2, 0.25) is 0 Å². The number of fused-ring (bicyclic) bond motifs is 3. The van der Waals surface area contributed by atoms with Gasteiger partial charge < -0.3 is 0 Å². The molecule has 5 heteroatoms. The van der Waals surface area contributed by atoms with Crippen molar-refractivity contribution >= 4 is 11.6 Å². The molecule has 1 aliphatic rings. The van der Waals surface area contributed by atoms with Gasteiger partial charge in [-0.05, 0) is 36.2 Å². The Morgan fingerprint density at radius 3 is 1.86 bits per heavy atom. The highest BCUT2D eigenvalue weighted by atomic mass is 19.4. The number of alkyl halides is 3. The molecule has 2 aromatic carbocycles. The van der Waals surface area contributed by atoms with Gasteiger partial charge in [0.1, 0.15) is 0 Å². The fourth-order valence-corrected chi connectivity index (χ4v) is 2.46. The Kier molecular flexibility index (Phi) is 2.76. The van der Waals surface area contributed by atoms with E-state index in [0.717, 1.165) is 23.8 Å². The predicted octanol–water partition coefficient (Wildman–Crippen LogP) is 4.06. The van der Waals surface area contributed by atoms with E-state index < -0.39 is 23.3 Å². The summed E-state index contributed by atoms with van der Waals surface area (Å²) in [5.74, 6) is -1.45. The molecule has 21 heavy (non-hydrogen) atoms. The maximum Gasteiger partial charge on any atom is 0.416 e. The smallest absolute Gasteiger partial charge is 0.285 e. The minimum absolute atomic E-state index is 0.0195. The lowest BCUT2D eigenvalue weighted by atomic mass is 9.82. The van der Waals surface area contributed by atoms with Crippen molar-refractivity contribution in [2.45, 2.75) is 13.1 Å². The van der Waals surface area contributed by atoms with Crippen LogP contribution in [0.5, 0.6) is 0 Å². The number of Topliss-reactive ketones (excluding diaryl/α,β-unsaturated/α-hetero) is 2. The van der Waals surface area contributed by atoms with Gasteiger partial charge >= 0.3 is 6.18 Å². The summed E-state index contributed by atoms with van der Waals surface area (Å²) in [5, 5.41) is 0. The van der Waals surface area contributed by atoms with Crippen molar-refractivity contribution in [3.8, 4) is 11.1 Å². The van der Waals surface area contributed by atoms with Gasteiger partial charge in [0.25, 0.3) is 0 Å². The van der Waals surface area contributed by atoms with E-state index in [1.165, 1.54) is 6.07 Å². The SMILES string of the molecule is Cc1ccc2c(c1)-c1cc(C(F)(F)F)ccc1C(=O)C2=O. The van der Waals surface area contributed by atoms with Gasteiger partial charge in [-0.3, -0.25) is 9.59 Å². The van der Waals surface area contributed by atoms with Crippen molar-refractivity contribution in [2.24, 2.45) is 0 Å². The van der Waals surface area contributed by atoms with Crippen LogP contribution in [0.25, 0.3) is 11.1 Å². The van der Waals surface area contributed by atoms with Crippen molar-refractivity contribution in [1.82, 2.24) is 0 Å². The van der Waals surface area contributed by atoms with Crippen LogP contribution in [0.4, 0.5) is 13.2 Å². The maximum atomic E-state index is 12.8. The molecule has 0 saturated carbocycles. The van der Waals surface area contributed by atoms with E-state index in [-0.39, 0.29) is 16.7 Å². The second-order valence-corrected chi connectivity index (χ2v) is 4.97. The zero-order valence-corrected chi connectivity index (χ0v) is 10.9. The minimum Gasteiger partial charge on any atom is -0.285 e. The quantitative estimate of drug-likeness (QED) is 0.686. The number of carbonyl (C=O) groups is 2. The lowest BCUT2D eigenvalue weighted by molar-refractivity contribution is -0.137. The average molecular weight is 290 g/mol. The zero-order valence-electron chi connectivity index (χ0n) is 10.9. The van der Waals surface area contributed by atoms with Crippen molar-refractivity contribution in [3.63, 3.8) is 0 Å². The number of halogens is 3. The normalized spacial score (nSPS) is 13.9. The molecule has 0 amide bonds. The molecule has 2 nitrogen and oxygen atoms in total. The highest BCUT2D eigenvalue weighted by Gasteiger charge is 2.35. The van der Waals surface area contributed by atoms with Gasteiger partial charge in [-0.25, -0.2) is 0 Å². The second kappa shape index (κ2) is 4.28.